The van der Waals surface area contributed by atoms with E-state index in [9.17, 15) is 4.79 Å². The van der Waals surface area contributed by atoms with E-state index in [-0.39, 0.29) is 5.91 Å². The zero-order chi connectivity index (χ0) is 17.4. The summed E-state index contributed by atoms with van der Waals surface area (Å²) in [6.45, 7) is 0.575. The summed E-state index contributed by atoms with van der Waals surface area (Å²) in [7, 11) is 1.87. The van der Waals surface area contributed by atoms with Crippen molar-refractivity contribution in [3.63, 3.8) is 0 Å². The van der Waals surface area contributed by atoms with Crippen LogP contribution in [-0.4, -0.2) is 22.8 Å². The van der Waals surface area contributed by atoms with Crippen LogP contribution in [-0.2, 0) is 19.4 Å². The molecule has 4 heteroatoms. The number of hydrogen-bond acceptors (Lipinski definition) is 2. The summed E-state index contributed by atoms with van der Waals surface area (Å²) in [5.74, 6) is 0.0764. The van der Waals surface area contributed by atoms with Gasteiger partial charge in [0.05, 0.1) is 11.1 Å². The normalized spacial score (nSPS) is 13.0. The number of pyridine rings is 1. The molecule has 0 fully saturated rings. The first-order valence-electron chi connectivity index (χ1n) is 8.54. The molecule has 0 unspecified atom stereocenters. The molecule has 0 saturated heterocycles. The van der Waals surface area contributed by atoms with Crippen LogP contribution in [0.4, 0.5) is 0 Å². The van der Waals surface area contributed by atoms with Crippen molar-refractivity contribution in [2.24, 2.45) is 0 Å². The fourth-order valence-electron chi connectivity index (χ4n) is 3.60. The maximum absolute atomic E-state index is 13.3. The Labute approximate surface area is 155 Å². The minimum Gasteiger partial charge on any atom is -0.337 e. The molecule has 0 atom stereocenters. The molecule has 1 amide bonds. The predicted octanol–water partition coefficient (Wildman–Crippen LogP) is 4.76. The van der Waals surface area contributed by atoms with Crippen molar-refractivity contribution >= 4 is 32.7 Å². The molecule has 2 aromatic carbocycles. The lowest BCUT2D eigenvalue weighted by Crippen LogP contribution is -2.27. The Morgan fingerprint density at radius 3 is 2.72 bits per heavy atom. The molecular weight excluding hydrogens is 376 g/mol. The second kappa shape index (κ2) is 6.60. The lowest BCUT2D eigenvalue weighted by Gasteiger charge is -2.21. The summed E-state index contributed by atoms with van der Waals surface area (Å²) in [4.78, 5) is 19.9. The molecule has 1 aliphatic carbocycles. The van der Waals surface area contributed by atoms with Crippen LogP contribution < -0.4 is 0 Å². The molecule has 1 heterocycles. The number of carbonyl (C=O) groups excluding carboxylic acids is 1. The molecule has 0 bridgehead atoms. The zero-order valence-corrected chi connectivity index (χ0v) is 15.7. The third-order valence-corrected chi connectivity index (χ3v) is 5.62. The van der Waals surface area contributed by atoms with Gasteiger partial charge in [0.15, 0.2) is 0 Å². The summed E-state index contributed by atoms with van der Waals surface area (Å²) in [5.41, 5.74) is 5.10. The van der Waals surface area contributed by atoms with Crippen molar-refractivity contribution in [2.45, 2.75) is 25.8 Å². The van der Waals surface area contributed by atoms with Crippen LogP contribution in [0.25, 0.3) is 10.9 Å². The van der Waals surface area contributed by atoms with E-state index in [1.807, 2.05) is 55.6 Å². The Hall–Kier alpha value is -2.20. The van der Waals surface area contributed by atoms with Crippen molar-refractivity contribution in [3.8, 4) is 0 Å². The average molecular weight is 395 g/mol. The molecule has 4 rings (SSSR count). The van der Waals surface area contributed by atoms with E-state index < -0.39 is 0 Å². The monoisotopic (exact) mass is 394 g/mol. The number of halogens is 1. The van der Waals surface area contributed by atoms with Gasteiger partial charge in [-0.25, -0.2) is 0 Å². The van der Waals surface area contributed by atoms with Crippen LogP contribution in [0.15, 0.2) is 53.0 Å². The topological polar surface area (TPSA) is 33.2 Å². The lowest BCUT2D eigenvalue weighted by molar-refractivity contribution is 0.0785. The molecule has 25 heavy (non-hydrogen) atoms. The second-order valence-corrected chi connectivity index (χ2v) is 7.39. The van der Waals surface area contributed by atoms with Gasteiger partial charge in [-0.3, -0.25) is 9.78 Å². The number of rotatable bonds is 3. The van der Waals surface area contributed by atoms with Gasteiger partial charge in [-0.2, -0.15) is 0 Å². The SMILES string of the molecule is CN(Cc1ccccc1Br)C(=O)c1c2c(nc3ccccc13)CCC2. The van der Waals surface area contributed by atoms with Crippen LogP contribution in [0, 0.1) is 0 Å². The number of fused-ring (bicyclic) bond motifs is 2. The second-order valence-electron chi connectivity index (χ2n) is 6.54. The number of benzene rings is 2. The van der Waals surface area contributed by atoms with E-state index in [2.05, 4.69) is 15.9 Å². The number of aromatic nitrogens is 1. The third kappa shape index (κ3) is 2.95. The Bertz CT molecular complexity index is 967. The Balaban J connectivity index is 1.76. The van der Waals surface area contributed by atoms with Crippen molar-refractivity contribution in [2.75, 3.05) is 7.05 Å². The van der Waals surface area contributed by atoms with Gasteiger partial charge in [-0.05, 0) is 42.5 Å². The highest BCUT2D eigenvalue weighted by Gasteiger charge is 2.25. The van der Waals surface area contributed by atoms with E-state index in [4.69, 9.17) is 4.98 Å². The first-order chi connectivity index (χ1) is 12.1. The van der Waals surface area contributed by atoms with Gasteiger partial charge in [0, 0.05) is 29.1 Å². The van der Waals surface area contributed by atoms with E-state index in [0.717, 1.165) is 57.0 Å². The quantitative estimate of drug-likeness (QED) is 0.641. The first kappa shape index (κ1) is 16.3. The van der Waals surface area contributed by atoms with Crippen molar-refractivity contribution in [1.29, 1.82) is 0 Å². The van der Waals surface area contributed by atoms with E-state index >= 15 is 0 Å². The van der Waals surface area contributed by atoms with Gasteiger partial charge in [0.1, 0.15) is 0 Å². The largest absolute Gasteiger partial charge is 0.337 e. The number of aryl methyl sites for hydroxylation is 1. The molecule has 126 valence electrons. The number of hydrogen-bond donors (Lipinski definition) is 0. The number of nitrogens with zero attached hydrogens (tertiary/aromatic N) is 2. The molecule has 3 aromatic rings. The molecule has 3 nitrogen and oxygen atoms in total. The molecular formula is C21H19BrN2O. The molecule has 1 aliphatic rings. The highest BCUT2D eigenvalue weighted by Crippen LogP contribution is 2.31. The Morgan fingerprint density at radius 1 is 1.12 bits per heavy atom. The molecule has 0 spiro atoms. The number of amides is 1. The van der Waals surface area contributed by atoms with Crippen LogP contribution in [0.1, 0.15) is 33.6 Å². The Kier molecular flexibility index (Phi) is 4.30. The summed E-state index contributed by atoms with van der Waals surface area (Å²) >= 11 is 3.57. The van der Waals surface area contributed by atoms with Crippen LogP contribution in [0.2, 0.25) is 0 Å². The van der Waals surface area contributed by atoms with Gasteiger partial charge < -0.3 is 4.90 Å². The fourth-order valence-corrected chi connectivity index (χ4v) is 4.01. The molecule has 1 aromatic heterocycles. The third-order valence-electron chi connectivity index (χ3n) is 4.85. The lowest BCUT2D eigenvalue weighted by atomic mass is 10.00. The van der Waals surface area contributed by atoms with Crippen molar-refractivity contribution in [3.05, 3.63) is 75.4 Å². The highest BCUT2D eigenvalue weighted by molar-refractivity contribution is 9.10. The van der Waals surface area contributed by atoms with E-state index in [1.165, 1.54) is 0 Å². The smallest absolute Gasteiger partial charge is 0.254 e. The zero-order valence-electron chi connectivity index (χ0n) is 14.1. The van der Waals surface area contributed by atoms with E-state index in [0.29, 0.717) is 6.54 Å². The molecule has 0 radical (unpaired) electrons. The van der Waals surface area contributed by atoms with E-state index in [1.54, 1.807) is 4.90 Å². The van der Waals surface area contributed by atoms with Crippen molar-refractivity contribution in [1.82, 2.24) is 9.88 Å². The summed E-state index contributed by atoms with van der Waals surface area (Å²) in [6.07, 6.45) is 2.98. The average Bonchev–Trinajstić information content (AvgIpc) is 3.09. The van der Waals surface area contributed by atoms with Crippen LogP contribution >= 0.6 is 15.9 Å². The minimum atomic E-state index is 0.0764. The maximum Gasteiger partial charge on any atom is 0.254 e. The van der Waals surface area contributed by atoms with Gasteiger partial charge in [0.2, 0.25) is 0 Å². The standard InChI is InChI=1S/C21H19BrN2O/c1-24(13-14-7-2-4-10-17(14)22)21(25)20-15-8-3-5-11-18(15)23-19-12-6-9-16(19)20/h2-5,7-8,10-11H,6,9,12-13H2,1H3. The number of carbonyl (C=O) groups is 1. The Morgan fingerprint density at radius 2 is 1.88 bits per heavy atom. The molecule has 0 saturated carbocycles. The van der Waals surface area contributed by atoms with Gasteiger partial charge in [-0.1, -0.05) is 52.3 Å². The minimum absolute atomic E-state index is 0.0764. The van der Waals surface area contributed by atoms with Gasteiger partial charge in [0.25, 0.3) is 5.91 Å². The number of para-hydroxylation sites is 1. The highest BCUT2D eigenvalue weighted by atomic mass is 79.9. The maximum atomic E-state index is 13.3. The molecule has 0 aliphatic heterocycles. The van der Waals surface area contributed by atoms with Gasteiger partial charge >= 0.3 is 0 Å². The van der Waals surface area contributed by atoms with Crippen molar-refractivity contribution < 1.29 is 4.79 Å². The summed E-state index contributed by atoms with van der Waals surface area (Å²) in [5, 5.41) is 0.965. The van der Waals surface area contributed by atoms with Gasteiger partial charge in [-0.15, -0.1) is 0 Å². The predicted molar refractivity (Wildman–Crippen MR) is 104 cm³/mol. The first-order valence-corrected chi connectivity index (χ1v) is 9.34. The van der Waals surface area contributed by atoms with Crippen LogP contribution in [0.3, 0.4) is 0 Å². The fraction of sp³-hybridized carbons (Fsp3) is 0.238. The summed E-state index contributed by atoms with van der Waals surface area (Å²) in [6, 6.07) is 16.0. The molecule has 0 N–H and O–H groups in total. The summed E-state index contributed by atoms with van der Waals surface area (Å²) < 4.78 is 1.03. The van der Waals surface area contributed by atoms with Crippen LogP contribution in [0.5, 0.6) is 0 Å².